The molecule has 7 heavy (non-hydrogen) atoms. The van der Waals surface area contributed by atoms with Gasteiger partial charge in [-0.15, -0.1) is 0 Å². The molecule has 0 spiro atoms. The van der Waals surface area contributed by atoms with Crippen LogP contribution in [0.3, 0.4) is 0 Å². The minimum absolute atomic E-state index is 0.845. The molecule has 0 saturated heterocycles. The summed E-state index contributed by atoms with van der Waals surface area (Å²) in [6.45, 7) is 1.60. The van der Waals surface area contributed by atoms with Crippen molar-refractivity contribution < 1.29 is 13.6 Å². The monoisotopic (exact) mass is 103 g/mol. The fraction of sp³-hybridized carbons (Fsp3) is 0.400. The standard InChI is InChI=1S/C5H8O2/c1-3-4-5(6)7-2/h3-4H,1-2H3/b4-3+/i2D3. The van der Waals surface area contributed by atoms with E-state index in [0.29, 0.717) is 0 Å². The molecular formula is C5H8O2. The Morgan fingerprint density at radius 1 is 2.00 bits per heavy atom. The molecular weight excluding hydrogens is 92.1 g/mol. The van der Waals surface area contributed by atoms with Gasteiger partial charge in [0, 0.05) is 6.08 Å². The highest BCUT2D eigenvalue weighted by atomic mass is 16.5. The van der Waals surface area contributed by atoms with E-state index >= 15 is 0 Å². The average molecular weight is 103 g/mol. The van der Waals surface area contributed by atoms with Crippen molar-refractivity contribution in [1.82, 2.24) is 0 Å². The Bertz CT molecular complexity index is 147. The fourth-order valence-corrected chi connectivity index (χ4v) is 0.170. The predicted molar refractivity (Wildman–Crippen MR) is 26.8 cm³/mol. The molecule has 2 heteroatoms. The third-order valence-electron chi connectivity index (χ3n) is 0.403. The molecule has 0 aromatic carbocycles. The molecule has 0 amide bonds. The Hall–Kier alpha value is -0.790. The van der Waals surface area contributed by atoms with Crippen molar-refractivity contribution in [3.63, 3.8) is 0 Å². The van der Waals surface area contributed by atoms with E-state index in [-0.39, 0.29) is 0 Å². The largest absolute Gasteiger partial charge is 0.466 e. The highest BCUT2D eigenvalue weighted by Gasteiger charge is 1.84. The van der Waals surface area contributed by atoms with Crippen molar-refractivity contribution in [2.45, 2.75) is 6.92 Å². The number of rotatable bonds is 1. The number of allylic oxidation sites excluding steroid dienone is 1. The molecule has 0 rings (SSSR count). The summed E-state index contributed by atoms with van der Waals surface area (Å²) >= 11 is 0. The molecule has 2 nitrogen and oxygen atoms in total. The highest BCUT2D eigenvalue weighted by molar-refractivity contribution is 5.81. The SMILES string of the molecule is [2H]C([2H])([2H])OC(=O)/C=C/C. The van der Waals surface area contributed by atoms with Crippen LogP contribution in [0.4, 0.5) is 0 Å². The summed E-state index contributed by atoms with van der Waals surface area (Å²) in [6, 6.07) is 0. The van der Waals surface area contributed by atoms with E-state index in [1.807, 2.05) is 0 Å². The van der Waals surface area contributed by atoms with Gasteiger partial charge < -0.3 is 4.74 Å². The van der Waals surface area contributed by atoms with Gasteiger partial charge in [0.2, 0.25) is 0 Å². The second-order valence-corrected chi connectivity index (χ2v) is 0.921. The van der Waals surface area contributed by atoms with E-state index in [1.165, 1.54) is 6.08 Å². The van der Waals surface area contributed by atoms with Gasteiger partial charge in [-0.05, 0) is 6.92 Å². The van der Waals surface area contributed by atoms with Crippen LogP contribution in [0.25, 0.3) is 0 Å². The zero-order chi connectivity index (χ0) is 8.20. The number of hydrogen-bond donors (Lipinski definition) is 0. The first-order valence-electron chi connectivity index (χ1n) is 3.31. The zero-order valence-corrected chi connectivity index (χ0v) is 3.97. The normalized spacial score (nSPS) is 17.6. The maximum absolute atomic E-state index is 10.4. The van der Waals surface area contributed by atoms with Crippen molar-refractivity contribution in [1.29, 1.82) is 0 Å². The molecule has 0 unspecified atom stereocenters. The van der Waals surface area contributed by atoms with Crippen LogP contribution in [0, 0.1) is 0 Å². The van der Waals surface area contributed by atoms with Crippen LogP contribution in [0.1, 0.15) is 11.0 Å². The second kappa shape index (κ2) is 3.40. The molecule has 40 valence electrons. The summed E-state index contributed by atoms with van der Waals surface area (Å²) in [5, 5.41) is 0. The Morgan fingerprint density at radius 2 is 2.71 bits per heavy atom. The van der Waals surface area contributed by atoms with Crippen molar-refractivity contribution in [3.05, 3.63) is 12.2 Å². The van der Waals surface area contributed by atoms with Gasteiger partial charge in [-0.25, -0.2) is 4.79 Å². The zero-order valence-electron chi connectivity index (χ0n) is 6.97. The summed E-state index contributed by atoms with van der Waals surface area (Å²) in [7, 11) is -2.63. The summed E-state index contributed by atoms with van der Waals surface area (Å²) < 4.78 is 23.4. The molecule has 0 aliphatic heterocycles. The lowest BCUT2D eigenvalue weighted by Crippen LogP contribution is -1.92. The second-order valence-electron chi connectivity index (χ2n) is 0.921. The van der Waals surface area contributed by atoms with E-state index in [0.717, 1.165) is 6.08 Å². The number of esters is 1. The smallest absolute Gasteiger partial charge is 0.330 e. The highest BCUT2D eigenvalue weighted by Crippen LogP contribution is 1.73. The van der Waals surface area contributed by atoms with Gasteiger partial charge in [-0.1, -0.05) is 6.08 Å². The number of carbonyl (C=O) groups excluding carboxylic acids is 1. The van der Waals surface area contributed by atoms with Crippen LogP contribution in [0.2, 0.25) is 0 Å². The lowest BCUT2D eigenvalue weighted by atomic mass is 10.5. The number of hydrogen-bond acceptors (Lipinski definition) is 2. The van der Waals surface area contributed by atoms with E-state index in [1.54, 1.807) is 6.92 Å². The summed E-state index contributed by atoms with van der Waals surface area (Å²) in [4.78, 5) is 10.4. The average Bonchev–Trinajstić information content (AvgIpc) is 1.59. The first-order chi connectivity index (χ1) is 4.45. The third kappa shape index (κ3) is 3.03. The molecule has 0 bridgehead atoms. The topological polar surface area (TPSA) is 26.3 Å². The number of carbonyl (C=O) groups is 1. The van der Waals surface area contributed by atoms with Gasteiger partial charge >= 0.3 is 5.97 Å². The molecule has 0 aromatic heterocycles. The third-order valence-corrected chi connectivity index (χ3v) is 0.403. The van der Waals surface area contributed by atoms with E-state index in [2.05, 4.69) is 4.74 Å². The fourth-order valence-electron chi connectivity index (χ4n) is 0.170. The van der Waals surface area contributed by atoms with Gasteiger partial charge in [0.05, 0.1) is 11.2 Å². The molecule has 0 radical (unpaired) electrons. The molecule has 0 aliphatic carbocycles. The molecule has 0 fully saturated rings. The van der Waals surface area contributed by atoms with E-state index in [4.69, 9.17) is 4.11 Å². The Morgan fingerprint density at radius 3 is 3.14 bits per heavy atom. The van der Waals surface area contributed by atoms with Crippen LogP contribution in [-0.2, 0) is 9.53 Å². The summed E-state index contributed by atoms with van der Waals surface area (Å²) in [5.41, 5.74) is 0. The molecule has 0 atom stereocenters. The first kappa shape index (κ1) is 2.50. The van der Waals surface area contributed by atoms with Gasteiger partial charge in [0.25, 0.3) is 0 Å². The molecule has 0 N–H and O–H groups in total. The number of methoxy groups -OCH3 is 1. The van der Waals surface area contributed by atoms with Crippen molar-refractivity contribution in [2.75, 3.05) is 7.04 Å². The van der Waals surface area contributed by atoms with Crippen LogP contribution in [-0.4, -0.2) is 13.0 Å². The van der Waals surface area contributed by atoms with Crippen LogP contribution >= 0.6 is 0 Å². The van der Waals surface area contributed by atoms with Crippen LogP contribution in [0.5, 0.6) is 0 Å². The first-order valence-corrected chi connectivity index (χ1v) is 1.81. The lowest BCUT2D eigenvalue weighted by Gasteiger charge is -1.84. The van der Waals surface area contributed by atoms with Crippen LogP contribution < -0.4 is 0 Å². The van der Waals surface area contributed by atoms with Gasteiger partial charge in [0.1, 0.15) is 0 Å². The minimum Gasteiger partial charge on any atom is -0.466 e. The number of ether oxygens (including phenoxy) is 1. The Balaban J connectivity index is 3.81. The Labute approximate surface area is 47.0 Å². The van der Waals surface area contributed by atoms with Crippen molar-refractivity contribution >= 4 is 5.97 Å². The van der Waals surface area contributed by atoms with E-state index in [9.17, 15) is 4.79 Å². The maximum atomic E-state index is 10.4. The van der Waals surface area contributed by atoms with Crippen LogP contribution in [0.15, 0.2) is 12.2 Å². The lowest BCUT2D eigenvalue weighted by molar-refractivity contribution is -0.134. The Kier molecular flexibility index (Phi) is 1.22. The molecule has 0 aromatic rings. The summed E-state index contributed by atoms with van der Waals surface area (Å²) in [5.74, 6) is -0.845. The maximum Gasteiger partial charge on any atom is 0.330 e. The predicted octanol–water partition coefficient (Wildman–Crippen LogP) is 0.736. The van der Waals surface area contributed by atoms with Crippen molar-refractivity contribution in [3.8, 4) is 0 Å². The summed E-state index contributed by atoms with van der Waals surface area (Å²) in [6.07, 6.45) is 2.46. The quantitative estimate of drug-likeness (QED) is 0.361. The minimum atomic E-state index is -2.63. The molecule has 0 heterocycles. The van der Waals surface area contributed by atoms with E-state index < -0.39 is 13.0 Å². The van der Waals surface area contributed by atoms with Gasteiger partial charge in [0.15, 0.2) is 0 Å². The van der Waals surface area contributed by atoms with Crippen molar-refractivity contribution in [2.24, 2.45) is 0 Å². The molecule has 0 saturated carbocycles. The van der Waals surface area contributed by atoms with Gasteiger partial charge in [-0.3, -0.25) is 0 Å². The van der Waals surface area contributed by atoms with Gasteiger partial charge in [-0.2, -0.15) is 0 Å². The molecule has 0 aliphatic rings.